The number of amides is 2. The van der Waals surface area contributed by atoms with E-state index in [1.54, 1.807) is 7.11 Å². The van der Waals surface area contributed by atoms with Gasteiger partial charge in [-0.05, 0) is 43.0 Å². The molecule has 1 aromatic rings. The van der Waals surface area contributed by atoms with Crippen LogP contribution in [-0.2, 0) is 4.74 Å². The van der Waals surface area contributed by atoms with Crippen molar-refractivity contribution >= 4 is 17.4 Å². The Labute approximate surface area is 133 Å². The van der Waals surface area contributed by atoms with Crippen LogP contribution in [0.2, 0.25) is 0 Å². The standard InChI is InChI=1S/C17H27N3O2/c1-4-14(12-22-3)18-17(21)19-15-5-7-16(8-6-15)20-10-9-13(2)11-20/h5-8,13-14H,4,9-12H2,1-3H3,(H2,18,19,21)/t13-,14-/m1/s1. The molecule has 2 rings (SSSR count). The van der Waals surface area contributed by atoms with Gasteiger partial charge in [-0.2, -0.15) is 0 Å². The van der Waals surface area contributed by atoms with Crippen LogP contribution in [0.15, 0.2) is 24.3 Å². The number of benzene rings is 1. The summed E-state index contributed by atoms with van der Waals surface area (Å²) < 4.78 is 5.08. The highest BCUT2D eigenvalue weighted by atomic mass is 16.5. The number of carbonyl (C=O) groups is 1. The molecule has 1 aliphatic rings. The first-order valence-corrected chi connectivity index (χ1v) is 8.03. The summed E-state index contributed by atoms with van der Waals surface area (Å²) in [7, 11) is 1.64. The van der Waals surface area contributed by atoms with E-state index >= 15 is 0 Å². The fraction of sp³-hybridized carbons (Fsp3) is 0.588. The maximum Gasteiger partial charge on any atom is 0.319 e. The van der Waals surface area contributed by atoms with Gasteiger partial charge in [-0.3, -0.25) is 0 Å². The molecule has 5 nitrogen and oxygen atoms in total. The Balaban J connectivity index is 1.86. The molecule has 1 aliphatic heterocycles. The third kappa shape index (κ3) is 4.63. The zero-order chi connectivity index (χ0) is 15.9. The number of hydrogen-bond acceptors (Lipinski definition) is 3. The van der Waals surface area contributed by atoms with Crippen molar-refractivity contribution in [2.75, 3.05) is 37.0 Å². The highest BCUT2D eigenvalue weighted by Gasteiger charge is 2.18. The Morgan fingerprint density at radius 3 is 2.68 bits per heavy atom. The molecule has 0 bridgehead atoms. The largest absolute Gasteiger partial charge is 0.383 e. The second-order valence-electron chi connectivity index (χ2n) is 6.05. The van der Waals surface area contributed by atoms with E-state index in [1.807, 2.05) is 19.1 Å². The van der Waals surface area contributed by atoms with Crippen molar-refractivity contribution in [3.05, 3.63) is 24.3 Å². The van der Waals surface area contributed by atoms with Gasteiger partial charge in [0.05, 0.1) is 12.6 Å². The maximum atomic E-state index is 12.0. The summed E-state index contributed by atoms with van der Waals surface area (Å²) >= 11 is 0. The number of rotatable bonds is 6. The van der Waals surface area contributed by atoms with Crippen molar-refractivity contribution in [3.63, 3.8) is 0 Å². The molecule has 0 saturated carbocycles. The third-order valence-electron chi connectivity index (χ3n) is 4.11. The van der Waals surface area contributed by atoms with Crippen LogP contribution in [0.1, 0.15) is 26.7 Å². The molecule has 0 aliphatic carbocycles. The van der Waals surface area contributed by atoms with Crippen molar-refractivity contribution in [1.29, 1.82) is 0 Å². The van der Waals surface area contributed by atoms with Crippen LogP contribution in [0.3, 0.4) is 0 Å². The van der Waals surface area contributed by atoms with E-state index in [2.05, 4.69) is 34.6 Å². The lowest BCUT2D eigenvalue weighted by Gasteiger charge is -2.19. The van der Waals surface area contributed by atoms with Gasteiger partial charge in [0.25, 0.3) is 0 Å². The van der Waals surface area contributed by atoms with Gasteiger partial charge in [0.2, 0.25) is 0 Å². The molecular weight excluding hydrogens is 278 g/mol. The van der Waals surface area contributed by atoms with Crippen LogP contribution in [0.25, 0.3) is 0 Å². The average molecular weight is 305 g/mol. The molecule has 22 heavy (non-hydrogen) atoms. The number of methoxy groups -OCH3 is 1. The van der Waals surface area contributed by atoms with Gasteiger partial charge in [0.15, 0.2) is 0 Å². The fourth-order valence-corrected chi connectivity index (χ4v) is 2.74. The molecule has 1 aromatic carbocycles. The predicted molar refractivity (Wildman–Crippen MR) is 90.5 cm³/mol. The van der Waals surface area contributed by atoms with Gasteiger partial charge in [-0.15, -0.1) is 0 Å². The first-order valence-electron chi connectivity index (χ1n) is 8.03. The Kier molecular flexibility index (Phi) is 6.07. The second kappa shape index (κ2) is 8.03. The van der Waals surface area contributed by atoms with Crippen molar-refractivity contribution in [2.24, 2.45) is 5.92 Å². The number of hydrogen-bond donors (Lipinski definition) is 2. The summed E-state index contributed by atoms with van der Waals surface area (Å²) in [6.45, 7) is 7.06. The van der Waals surface area contributed by atoms with E-state index in [9.17, 15) is 4.79 Å². The SMILES string of the molecule is CC[C@H](COC)NC(=O)Nc1ccc(N2CC[C@@H](C)C2)cc1. The van der Waals surface area contributed by atoms with Gasteiger partial charge >= 0.3 is 6.03 Å². The van der Waals surface area contributed by atoms with E-state index in [0.717, 1.165) is 31.1 Å². The van der Waals surface area contributed by atoms with Crippen molar-refractivity contribution in [2.45, 2.75) is 32.7 Å². The molecule has 0 spiro atoms. The topological polar surface area (TPSA) is 53.6 Å². The quantitative estimate of drug-likeness (QED) is 0.849. The number of nitrogens with zero attached hydrogens (tertiary/aromatic N) is 1. The minimum atomic E-state index is -0.188. The molecule has 2 N–H and O–H groups in total. The molecule has 2 amide bonds. The van der Waals surface area contributed by atoms with Gasteiger partial charge < -0.3 is 20.3 Å². The smallest absolute Gasteiger partial charge is 0.319 e. The van der Waals surface area contributed by atoms with Crippen molar-refractivity contribution < 1.29 is 9.53 Å². The van der Waals surface area contributed by atoms with Gasteiger partial charge in [-0.25, -0.2) is 4.79 Å². The number of ether oxygens (including phenoxy) is 1. The minimum absolute atomic E-state index is 0.0374. The van der Waals surface area contributed by atoms with Crippen LogP contribution < -0.4 is 15.5 Å². The van der Waals surface area contributed by atoms with Crippen molar-refractivity contribution in [1.82, 2.24) is 5.32 Å². The summed E-state index contributed by atoms with van der Waals surface area (Å²) in [4.78, 5) is 14.3. The Morgan fingerprint density at radius 2 is 2.14 bits per heavy atom. The Morgan fingerprint density at radius 1 is 1.41 bits per heavy atom. The Hall–Kier alpha value is -1.75. The van der Waals surface area contributed by atoms with Crippen LogP contribution >= 0.6 is 0 Å². The molecule has 0 aromatic heterocycles. The summed E-state index contributed by atoms with van der Waals surface area (Å²) in [5.41, 5.74) is 2.03. The minimum Gasteiger partial charge on any atom is -0.383 e. The molecule has 1 heterocycles. The lowest BCUT2D eigenvalue weighted by Crippen LogP contribution is -2.40. The zero-order valence-electron chi connectivity index (χ0n) is 13.8. The van der Waals surface area contributed by atoms with Crippen LogP contribution in [-0.4, -0.2) is 38.9 Å². The van der Waals surface area contributed by atoms with E-state index in [1.165, 1.54) is 12.1 Å². The molecule has 0 unspecified atom stereocenters. The van der Waals surface area contributed by atoms with Crippen molar-refractivity contribution in [3.8, 4) is 0 Å². The van der Waals surface area contributed by atoms with E-state index < -0.39 is 0 Å². The van der Waals surface area contributed by atoms with E-state index in [4.69, 9.17) is 4.74 Å². The van der Waals surface area contributed by atoms with Gasteiger partial charge in [0, 0.05) is 31.6 Å². The molecule has 0 radical (unpaired) electrons. The fourth-order valence-electron chi connectivity index (χ4n) is 2.74. The third-order valence-corrected chi connectivity index (χ3v) is 4.11. The van der Waals surface area contributed by atoms with E-state index in [0.29, 0.717) is 6.61 Å². The molecule has 1 saturated heterocycles. The highest BCUT2D eigenvalue weighted by Crippen LogP contribution is 2.24. The van der Waals surface area contributed by atoms with Crippen LogP contribution in [0, 0.1) is 5.92 Å². The normalized spacial score (nSPS) is 19.0. The molecule has 122 valence electrons. The number of carbonyl (C=O) groups excluding carboxylic acids is 1. The van der Waals surface area contributed by atoms with Crippen LogP contribution in [0.5, 0.6) is 0 Å². The van der Waals surface area contributed by atoms with Crippen LogP contribution in [0.4, 0.5) is 16.2 Å². The number of anilines is 2. The molecule has 5 heteroatoms. The lowest BCUT2D eigenvalue weighted by atomic mass is 10.2. The summed E-state index contributed by atoms with van der Waals surface area (Å²) in [5, 5.41) is 5.77. The molecular formula is C17H27N3O2. The molecule has 2 atom stereocenters. The zero-order valence-corrected chi connectivity index (χ0v) is 13.8. The Bertz CT molecular complexity index is 475. The van der Waals surface area contributed by atoms with E-state index in [-0.39, 0.29) is 12.1 Å². The summed E-state index contributed by atoms with van der Waals surface area (Å²) in [6, 6.07) is 7.90. The first-order chi connectivity index (χ1) is 10.6. The second-order valence-corrected chi connectivity index (χ2v) is 6.05. The average Bonchev–Trinajstić information content (AvgIpc) is 2.94. The van der Waals surface area contributed by atoms with Gasteiger partial charge in [-0.1, -0.05) is 13.8 Å². The molecule has 1 fully saturated rings. The monoisotopic (exact) mass is 305 g/mol. The predicted octanol–water partition coefficient (Wildman–Crippen LogP) is 3.08. The summed E-state index contributed by atoms with van der Waals surface area (Å²) in [5.74, 6) is 0.760. The lowest BCUT2D eigenvalue weighted by molar-refractivity contribution is 0.165. The number of nitrogens with one attached hydrogen (secondary N) is 2. The van der Waals surface area contributed by atoms with Gasteiger partial charge in [0.1, 0.15) is 0 Å². The summed E-state index contributed by atoms with van der Waals surface area (Å²) in [6.07, 6.45) is 2.09. The highest BCUT2D eigenvalue weighted by molar-refractivity contribution is 5.89. The number of urea groups is 1. The first kappa shape index (κ1) is 16.6. The maximum absolute atomic E-state index is 12.0.